The third kappa shape index (κ3) is 0.942. The summed E-state index contributed by atoms with van der Waals surface area (Å²) in [5.41, 5.74) is 0. The molecule has 1 saturated carbocycles. The molecule has 0 radical (unpaired) electrons. The van der Waals surface area contributed by atoms with Crippen molar-refractivity contribution in [2.45, 2.75) is 13.3 Å². The zero-order valence-corrected chi connectivity index (χ0v) is 4.90. The first-order valence-corrected chi connectivity index (χ1v) is 2.79. The Balaban J connectivity index is 2.33. The first kappa shape index (κ1) is 5.10. The molecule has 0 aromatic carbocycles. The standard InChI is InChI=1S/C5H7ClO/c1-3-2-4(3)5(6)7/h3-4H,2H2,1H3/t3-,4+/m0/s1. The second-order valence-electron chi connectivity index (χ2n) is 2.12. The minimum atomic E-state index is -0.160. The molecule has 0 N–H and O–H groups in total. The summed E-state index contributed by atoms with van der Waals surface area (Å²) in [4.78, 5) is 10.2. The zero-order chi connectivity index (χ0) is 5.44. The Morgan fingerprint density at radius 3 is 2.29 bits per heavy atom. The fourth-order valence-electron chi connectivity index (χ4n) is 0.638. The van der Waals surface area contributed by atoms with Crippen molar-refractivity contribution >= 4 is 16.8 Å². The van der Waals surface area contributed by atoms with Gasteiger partial charge in [0.05, 0.1) is 0 Å². The molecular weight excluding hydrogens is 112 g/mol. The lowest BCUT2D eigenvalue weighted by atomic mass is 10.4. The molecule has 1 fully saturated rings. The molecule has 0 heterocycles. The molecule has 0 spiro atoms. The van der Waals surface area contributed by atoms with Gasteiger partial charge in [-0.25, -0.2) is 0 Å². The SMILES string of the molecule is C[C@H]1C[C@H]1C(=O)Cl. The predicted molar refractivity (Wildman–Crippen MR) is 28.1 cm³/mol. The number of halogens is 1. The third-order valence-electron chi connectivity index (χ3n) is 1.40. The van der Waals surface area contributed by atoms with Gasteiger partial charge in [-0.3, -0.25) is 4.79 Å². The van der Waals surface area contributed by atoms with E-state index in [-0.39, 0.29) is 11.2 Å². The van der Waals surface area contributed by atoms with Gasteiger partial charge in [0.25, 0.3) is 0 Å². The highest BCUT2D eigenvalue weighted by Gasteiger charge is 2.37. The lowest BCUT2D eigenvalue weighted by Gasteiger charge is -1.77. The first-order valence-electron chi connectivity index (χ1n) is 2.41. The zero-order valence-electron chi connectivity index (χ0n) is 4.15. The van der Waals surface area contributed by atoms with Gasteiger partial charge in [0.15, 0.2) is 0 Å². The van der Waals surface area contributed by atoms with Crippen molar-refractivity contribution in [2.24, 2.45) is 11.8 Å². The van der Waals surface area contributed by atoms with E-state index >= 15 is 0 Å². The van der Waals surface area contributed by atoms with Gasteiger partial charge in [-0.1, -0.05) is 6.92 Å². The molecule has 0 saturated heterocycles. The molecule has 2 atom stereocenters. The van der Waals surface area contributed by atoms with Crippen LogP contribution in [0.25, 0.3) is 0 Å². The van der Waals surface area contributed by atoms with Crippen LogP contribution in [0.5, 0.6) is 0 Å². The molecule has 40 valence electrons. The average molecular weight is 119 g/mol. The fraction of sp³-hybridized carbons (Fsp3) is 0.800. The Hall–Kier alpha value is -0.0400. The van der Waals surface area contributed by atoms with E-state index in [4.69, 9.17) is 11.6 Å². The van der Waals surface area contributed by atoms with E-state index in [0.717, 1.165) is 6.42 Å². The van der Waals surface area contributed by atoms with Crippen LogP contribution >= 0.6 is 11.6 Å². The maximum Gasteiger partial charge on any atom is 0.224 e. The second kappa shape index (κ2) is 1.48. The van der Waals surface area contributed by atoms with E-state index in [0.29, 0.717) is 5.92 Å². The number of carbonyl (C=O) groups is 1. The number of hydrogen-bond acceptors (Lipinski definition) is 1. The highest BCUT2D eigenvalue weighted by molar-refractivity contribution is 6.64. The van der Waals surface area contributed by atoms with Gasteiger partial charge in [0.1, 0.15) is 0 Å². The Morgan fingerprint density at radius 2 is 2.29 bits per heavy atom. The summed E-state index contributed by atoms with van der Waals surface area (Å²) >= 11 is 5.13. The summed E-state index contributed by atoms with van der Waals surface area (Å²) in [7, 11) is 0. The lowest BCUT2D eigenvalue weighted by Crippen LogP contribution is -1.87. The minimum Gasteiger partial charge on any atom is -0.281 e. The minimum absolute atomic E-state index is 0.160. The molecule has 2 heteroatoms. The molecular formula is C5H7ClO. The summed E-state index contributed by atoms with van der Waals surface area (Å²) < 4.78 is 0. The maximum absolute atomic E-state index is 10.2. The Kier molecular flexibility index (Phi) is 1.08. The molecule has 0 bridgehead atoms. The van der Waals surface area contributed by atoms with Gasteiger partial charge in [-0.15, -0.1) is 0 Å². The summed E-state index contributed by atoms with van der Waals surface area (Å²) in [5, 5.41) is -0.160. The van der Waals surface area contributed by atoms with E-state index < -0.39 is 0 Å². The summed E-state index contributed by atoms with van der Waals surface area (Å²) in [6, 6.07) is 0. The number of hydrogen-bond donors (Lipinski definition) is 0. The highest BCUT2D eigenvalue weighted by atomic mass is 35.5. The van der Waals surface area contributed by atoms with Crippen molar-refractivity contribution in [3.8, 4) is 0 Å². The van der Waals surface area contributed by atoms with E-state index in [2.05, 4.69) is 0 Å². The van der Waals surface area contributed by atoms with Gasteiger partial charge < -0.3 is 0 Å². The summed E-state index contributed by atoms with van der Waals surface area (Å²) in [6.45, 7) is 2.03. The number of carbonyl (C=O) groups excluding carboxylic acids is 1. The Bertz CT molecular complexity index is 100. The Labute approximate surface area is 47.7 Å². The summed E-state index contributed by atoms with van der Waals surface area (Å²) in [6.07, 6.45) is 1.00. The lowest BCUT2D eigenvalue weighted by molar-refractivity contribution is -0.112. The third-order valence-corrected chi connectivity index (χ3v) is 1.68. The van der Waals surface area contributed by atoms with Crippen molar-refractivity contribution in [3.05, 3.63) is 0 Å². The van der Waals surface area contributed by atoms with E-state index in [9.17, 15) is 4.79 Å². The summed E-state index contributed by atoms with van der Waals surface area (Å²) in [5.74, 6) is 0.756. The van der Waals surface area contributed by atoms with Gasteiger partial charge in [-0.2, -0.15) is 0 Å². The molecule has 0 amide bonds. The quantitative estimate of drug-likeness (QED) is 0.476. The topological polar surface area (TPSA) is 17.1 Å². The van der Waals surface area contributed by atoms with Crippen LogP contribution in [0.15, 0.2) is 0 Å². The average Bonchev–Trinajstić information content (AvgIpc) is 2.17. The van der Waals surface area contributed by atoms with Crippen LogP contribution in [-0.2, 0) is 4.79 Å². The van der Waals surface area contributed by atoms with Crippen LogP contribution in [-0.4, -0.2) is 5.24 Å². The van der Waals surface area contributed by atoms with E-state index in [1.807, 2.05) is 6.92 Å². The van der Waals surface area contributed by atoms with Crippen LogP contribution in [0.3, 0.4) is 0 Å². The van der Waals surface area contributed by atoms with Gasteiger partial charge in [0.2, 0.25) is 5.24 Å². The molecule has 1 nitrogen and oxygen atoms in total. The fourth-order valence-corrected chi connectivity index (χ4v) is 0.942. The maximum atomic E-state index is 10.2. The van der Waals surface area contributed by atoms with Crippen LogP contribution in [0.1, 0.15) is 13.3 Å². The van der Waals surface area contributed by atoms with Crippen LogP contribution in [0.2, 0.25) is 0 Å². The normalized spacial score (nSPS) is 38.0. The smallest absolute Gasteiger partial charge is 0.224 e. The molecule has 1 rings (SSSR count). The molecule has 0 aliphatic heterocycles. The molecule has 0 aromatic rings. The highest BCUT2D eigenvalue weighted by Crippen LogP contribution is 2.39. The van der Waals surface area contributed by atoms with Crippen molar-refractivity contribution in [1.29, 1.82) is 0 Å². The van der Waals surface area contributed by atoms with Crippen molar-refractivity contribution in [2.75, 3.05) is 0 Å². The van der Waals surface area contributed by atoms with Gasteiger partial charge in [0, 0.05) is 5.92 Å². The van der Waals surface area contributed by atoms with Crippen molar-refractivity contribution in [3.63, 3.8) is 0 Å². The molecule has 0 aromatic heterocycles. The van der Waals surface area contributed by atoms with Crippen LogP contribution in [0.4, 0.5) is 0 Å². The largest absolute Gasteiger partial charge is 0.281 e. The van der Waals surface area contributed by atoms with Crippen molar-refractivity contribution < 1.29 is 4.79 Å². The van der Waals surface area contributed by atoms with Gasteiger partial charge >= 0.3 is 0 Å². The predicted octanol–water partition coefficient (Wildman–Crippen LogP) is 1.41. The Morgan fingerprint density at radius 1 is 1.86 bits per heavy atom. The van der Waals surface area contributed by atoms with E-state index in [1.54, 1.807) is 0 Å². The van der Waals surface area contributed by atoms with Gasteiger partial charge in [-0.05, 0) is 23.9 Å². The molecule has 7 heavy (non-hydrogen) atoms. The van der Waals surface area contributed by atoms with Crippen molar-refractivity contribution in [1.82, 2.24) is 0 Å². The molecule has 1 aliphatic carbocycles. The van der Waals surface area contributed by atoms with E-state index in [1.165, 1.54) is 0 Å². The molecule has 1 aliphatic rings. The van der Waals surface area contributed by atoms with Crippen LogP contribution < -0.4 is 0 Å². The second-order valence-corrected chi connectivity index (χ2v) is 2.50. The molecule has 0 unspecified atom stereocenters. The monoisotopic (exact) mass is 118 g/mol. The first-order chi connectivity index (χ1) is 3.22. The van der Waals surface area contributed by atoms with Crippen LogP contribution in [0, 0.1) is 11.8 Å². The number of rotatable bonds is 1.